The molecule has 6 rings (SSSR count). The molecule has 1 spiro atoms. The minimum Gasteiger partial charge on any atom is -0.467 e. The zero-order valence-corrected chi connectivity index (χ0v) is 16.5. The van der Waals surface area contributed by atoms with Gasteiger partial charge < -0.3 is 15.0 Å². The Morgan fingerprint density at radius 3 is 2.85 bits per heavy atom. The summed E-state index contributed by atoms with van der Waals surface area (Å²) in [6.07, 6.45) is 3.54. The highest BCUT2D eigenvalue weighted by Gasteiger charge is 2.62. The number of carbonyl (C=O) groups is 2. The summed E-state index contributed by atoms with van der Waals surface area (Å²) in [5, 5.41) is 3.19. The van der Waals surface area contributed by atoms with Crippen molar-refractivity contribution in [3.8, 4) is 5.75 Å². The Hall–Kier alpha value is -1.69. The molecule has 6 heteroatoms. The first-order valence-corrected chi connectivity index (χ1v) is 11.1. The molecular formula is C21H26N2O3S. The number of hydrogen-bond donors (Lipinski definition) is 1. The first-order valence-electron chi connectivity index (χ1n) is 9.98. The summed E-state index contributed by atoms with van der Waals surface area (Å²) in [6.45, 7) is 3.96. The summed E-state index contributed by atoms with van der Waals surface area (Å²) in [5.74, 6) is 3.25. The minimum absolute atomic E-state index is 0.0441. The molecule has 27 heavy (non-hydrogen) atoms. The summed E-state index contributed by atoms with van der Waals surface area (Å²) in [6, 6.07) is 7.46. The van der Waals surface area contributed by atoms with Gasteiger partial charge in [-0.05, 0) is 36.8 Å². The van der Waals surface area contributed by atoms with Crippen molar-refractivity contribution in [2.24, 2.45) is 17.3 Å². The molecule has 144 valence electrons. The van der Waals surface area contributed by atoms with Crippen LogP contribution in [-0.4, -0.2) is 47.0 Å². The van der Waals surface area contributed by atoms with E-state index in [-0.39, 0.29) is 23.2 Å². The van der Waals surface area contributed by atoms with Gasteiger partial charge in [0.1, 0.15) is 5.75 Å². The van der Waals surface area contributed by atoms with Crippen molar-refractivity contribution < 1.29 is 14.3 Å². The summed E-state index contributed by atoms with van der Waals surface area (Å²) in [4.78, 5) is 28.1. The summed E-state index contributed by atoms with van der Waals surface area (Å²) in [7, 11) is 0. The van der Waals surface area contributed by atoms with Crippen molar-refractivity contribution in [1.29, 1.82) is 0 Å². The number of fused-ring (bicyclic) bond motifs is 3. The molecule has 5 aliphatic rings. The van der Waals surface area contributed by atoms with Gasteiger partial charge in [-0.3, -0.25) is 9.59 Å². The van der Waals surface area contributed by atoms with Gasteiger partial charge in [0.25, 0.3) is 5.91 Å². The molecule has 2 aliphatic heterocycles. The van der Waals surface area contributed by atoms with E-state index in [0.29, 0.717) is 23.6 Å². The number of nitrogens with one attached hydrogen (secondary N) is 1. The molecule has 3 saturated carbocycles. The first-order chi connectivity index (χ1) is 13.0. The highest BCUT2D eigenvalue weighted by atomic mass is 32.2. The maximum atomic E-state index is 13.3. The Morgan fingerprint density at radius 1 is 1.30 bits per heavy atom. The second-order valence-corrected chi connectivity index (χ2v) is 9.96. The van der Waals surface area contributed by atoms with Gasteiger partial charge in [0.2, 0.25) is 5.91 Å². The molecule has 2 amide bonds. The van der Waals surface area contributed by atoms with Crippen molar-refractivity contribution in [2.45, 2.75) is 38.3 Å². The van der Waals surface area contributed by atoms with Crippen molar-refractivity contribution in [3.63, 3.8) is 0 Å². The zero-order chi connectivity index (χ0) is 18.6. The van der Waals surface area contributed by atoms with Crippen LogP contribution in [0, 0.1) is 17.3 Å². The Bertz CT molecular complexity index is 793. The smallest absolute Gasteiger partial charge is 0.258 e. The molecule has 1 aromatic rings. The fourth-order valence-corrected chi connectivity index (χ4v) is 6.54. The van der Waals surface area contributed by atoms with Crippen LogP contribution < -0.4 is 10.1 Å². The predicted molar refractivity (Wildman–Crippen MR) is 105 cm³/mol. The van der Waals surface area contributed by atoms with E-state index in [1.807, 2.05) is 30.0 Å². The van der Waals surface area contributed by atoms with Gasteiger partial charge in [-0.2, -0.15) is 11.8 Å². The fourth-order valence-electron chi connectivity index (χ4n) is 5.64. The molecule has 1 saturated heterocycles. The summed E-state index contributed by atoms with van der Waals surface area (Å²) >= 11 is 1.93. The molecule has 0 unspecified atom stereocenters. The lowest BCUT2D eigenvalue weighted by molar-refractivity contribution is -0.174. The molecule has 2 heterocycles. The minimum atomic E-state index is -0.660. The molecule has 3 aliphatic carbocycles. The van der Waals surface area contributed by atoms with Crippen molar-refractivity contribution >= 4 is 23.6 Å². The third kappa shape index (κ3) is 2.67. The lowest BCUT2D eigenvalue weighted by Gasteiger charge is -2.60. The molecule has 1 N–H and O–H groups in total. The van der Waals surface area contributed by atoms with E-state index in [2.05, 4.69) is 17.1 Å². The van der Waals surface area contributed by atoms with E-state index in [1.165, 1.54) is 0 Å². The second kappa shape index (κ2) is 6.16. The molecule has 0 radical (unpaired) electrons. The number of para-hydroxylation sites is 1. The molecule has 1 aromatic carbocycles. The molecule has 4 atom stereocenters. The van der Waals surface area contributed by atoms with Crippen LogP contribution in [0.5, 0.6) is 5.75 Å². The number of rotatable bonds is 1. The number of carbonyl (C=O) groups excluding carboxylic acids is 2. The van der Waals surface area contributed by atoms with Gasteiger partial charge in [0.05, 0.1) is 5.56 Å². The molecule has 4 fully saturated rings. The first kappa shape index (κ1) is 17.4. The van der Waals surface area contributed by atoms with Crippen molar-refractivity contribution in [3.05, 3.63) is 29.8 Å². The predicted octanol–water partition coefficient (Wildman–Crippen LogP) is 2.91. The Kier molecular flexibility index (Phi) is 3.97. The summed E-state index contributed by atoms with van der Waals surface area (Å²) in [5.41, 5.74) is -0.184. The van der Waals surface area contributed by atoms with Crippen LogP contribution in [0.25, 0.3) is 0 Å². The van der Waals surface area contributed by atoms with E-state index in [0.717, 1.165) is 43.9 Å². The lowest BCUT2D eigenvalue weighted by atomic mass is 9.52. The van der Waals surface area contributed by atoms with Gasteiger partial charge in [-0.1, -0.05) is 19.1 Å². The van der Waals surface area contributed by atoms with Crippen molar-refractivity contribution in [1.82, 2.24) is 10.2 Å². The monoisotopic (exact) mass is 386 g/mol. The van der Waals surface area contributed by atoms with Gasteiger partial charge in [0.15, 0.2) is 5.72 Å². The van der Waals surface area contributed by atoms with Crippen LogP contribution >= 0.6 is 11.8 Å². The zero-order valence-electron chi connectivity index (χ0n) is 15.7. The largest absolute Gasteiger partial charge is 0.467 e. The van der Waals surface area contributed by atoms with E-state index >= 15 is 0 Å². The standard InChI is InChI=1S/C21H26N2O3S/c1-20-7-6-14(12-16(20)19(25)23-8-10-27-11-9-23)21(13-20)22-18(24)15-4-2-3-5-17(15)26-21/h2-5,14,16H,6-13H2,1H3,(H,22,24)/t14-,16-,20-,21-/m0/s1. The molecular weight excluding hydrogens is 360 g/mol. The summed E-state index contributed by atoms with van der Waals surface area (Å²) < 4.78 is 6.44. The number of benzene rings is 1. The molecule has 2 bridgehead atoms. The van der Waals surface area contributed by atoms with Gasteiger partial charge >= 0.3 is 0 Å². The van der Waals surface area contributed by atoms with Gasteiger partial charge in [0, 0.05) is 42.9 Å². The van der Waals surface area contributed by atoms with Crippen LogP contribution in [-0.2, 0) is 4.79 Å². The molecule has 5 nitrogen and oxygen atoms in total. The lowest BCUT2D eigenvalue weighted by Crippen LogP contribution is -2.69. The van der Waals surface area contributed by atoms with E-state index in [9.17, 15) is 9.59 Å². The average Bonchev–Trinajstić information content (AvgIpc) is 2.68. The van der Waals surface area contributed by atoms with Gasteiger partial charge in [-0.15, -0.1) is 0 Å². The van der Waals surface area contributed by atoms with E-state index < -0.39 is 5.72 Å². The number of nitrogens with zero attached hydrogens (tertiary/aromatic N) is 1. The third-order valence-corrected chi connectivity index (χ3v) is 8.06. The number of thioether (sulfide) groups is 1. The van der Waals surface area contributed by atoms with Crippen LogP contribution in [0.15, 0.2) is 24.3 Å². The topological polar surface area (TPSA) is 58.6 Å². The van der Waals surface area contributed by atoms with Gasteiger partial charge in [-0.25, -0.2) is 0 Å². The van der Waals surface area contributed by atoms with E-state index in [4.69, 9.17) is 4.74 Å². The quantitative estimate of drug-likeness (QED) is 0.806. The second-order valence-electron chi connectivity index (χ2n) is 8.73. The highest BCUT2D eigenvalue weighted by molar-refractivity contribution is 7.99. The van der Waals surface area contributed by atoms with Crippen LogP contribution in [0.2, 0.25) is 0 Å². The Labute approximate surface area is 164 Å². The fraction of sp³-hybridized carbons (Fsp3) is 0.619. The average molecular weight is 387 g/mol. The number of amides is 2. The Balaban J connectivity index is 1.43. The van der Waals surface area contributed by atoms with Crippen LogP contribution in [0.3, 0.4) is 0 Å². The maximum absolute atomic E-state index is 13.3. The number of ether oxygens (including phenoxy) is 1. The molecule has 0 aromatic heterocycles. The van der Waals surface area contributed by atoms with E-state index in [1.54, 1.807) is 6.07 Å². The van der Waals surface area contributed by atoms with Crippen LogP contribution in [0.1, 0.15) is 43.0 Å². The van der Waals surface area contributed by atoms with Crippen LogP contribution in [0.4, 0.5) is 0 Å². The normalized spacial score (nSPS) is 37.5. The van der Waals surface area contributed by atoms with Crippen molar-refractivity contribution in [2.75, 3.05) is 24.6 Å². The highest BCUT2D eigenvalue weighted by Crippen LogP contribution is 2.59. The maximum Gasteiger partial charge on any atom is 0.258 e. The SMILES string of the molecule is C[C@@]12CC[C@@H](C[C@H]1C(=O)N1CCSCC1)[C@@]1(C2)NC(=O)c2ccccc2O1. The Morgan fingerprint density at radius 2 is 2.07 bits per heavy atom. The number of hydrogen-bond acceptors (Lipinski definition) is 4. The third-order valence-electron chi connectivity index (χ3n) is 7.12.